The number of anilines is 1. The molecule has 0 atom stereocenters. The van der Waals surface area contributed by atoms with Crippen LogP contribution < -0.4 is 16.4 Å². The van der Waals surface area contributed by atoms with Crippen molar-refractivity contribution < 1.29 is 17.2 Å². The first-order chi connectivity index (χ1) is 6.73. The smallest absolute Gasteiger partial charge is 0.269 e. The maximum absolute atomic E-state index is 12.2. The van der Waals surface area contributed by atoms with Crippen LogP contribution in [-0.4, -0.2) is 13.4 Å². The van der Waals surface area contributed by atoms with Crippen LogP contribution >= 0.6 is 0 Å². The van der Waals surface area contributed by atoms with Crippen LogP contribution in [-0.2, 0) is 10.0 Å². The molecule has 0 aromatic carbocycles. The Labute approximate surface area is 82.9 Å². The van der Waals surface area contributed by atoms with Crippen LogP contribution in [0.3, 0.4) is 0 Å². The number of rotatable bonds is 2. The highest BCUT2D eigenvalue weighted by molar-refractivity contribution is 7.89. The van der Waals surface area contributed by atoms with Gasteiger partial charge in [-0.25, -0.2) is 22.3 Å². The molecule has 1 aromatic rings. The van der Waals surface area contributed by atoms with Crippen molar-refractivity contribution in [2.75, 3.05) is 5.73 Å². The fourth-order valence-corrected chi connectivity index (χ4v) is 1.57. The van der Waals surface area contributed by atoms with E-state index in [2.05, 4.69) is 5.14 Å². The average Bonchev–Trinajstić information content (AvgIpc) is 2.06. The molecule has 0 saturated heterocycles. The van der Waals surface area contributed by atoms with Crippen molar-refractivity contribution in [2.45, 2.75) is 11.5 Å². The molecular formula is C6H7F2N3O3S. The number of pyridine rings is 1. The Morgan fingerprint density at radius 1 is 1.40 bits per heavy atom. The van der Waals surface area contributed by atoms with Crippen LogP contribution in [0, 0.1) is 0 Å². The normalized spacial score (nSPS) is 12.0. The number of aromatic nitrogens is 1. The van der Waals surface area contributed by atoms with Crippen molar-refractivity contribution in [1.29, 1.82) is 0 Å². The zero-order chi connectivity index (χ0) is 11.8. The number of primary sulfonamides is 1. The summed E-state index contributed by atoms with van der Waals surface area (Å²) < 4.78 is 46.0. The number of nitrogen functional groups attached to an aromatic ring is 1. The fourth-order valence-electron chi connectivity index (χ4n) is 0.944. The van der Waals surface area contributed by atoms with Crippen LogP contribution in [0.25, 0.3) is 0 Å². The summed E-state index contributed by atoms with van der Waals surface area (Å²) in [4.78, 5) is 12.7. The van der Waals surface area contributed by atoms with Crippen molar-refractivity contribution >= 4 is 15.7 Å². The first-order valence-electron chi connectivity index (χ1n) is 3.57. The number of nitrogens with one attached hydrogen (secondary N) is 1. The number of sulfonamides is 1. The van der Waals surface area contributed by atoms with E-state index in [4.69, 9.17) is 5.73 Å². The second kappa shape index (κ2) is 3.59. The van der Waals surface area contributed by atoms with Gasteiger partial charge in [-0.15, -0.1) is 0 Å². The summed E-state index contributed by atoms with van der Waals surface area (Å²) in [5.74, 6) is 0. The van der Waals surface area contributed by atoms with Gasteiger partial charge in [0.1, 0.15) is 0 Å². The van der Waals surface area contributed by atoms with E-state index in [0.29, 0.717) is 6.07 Å². The van der Waals surface area contributed by atoms with E-state index >= 15 is 0 Å². The lowest BCUT2D eigenvalue weighted by Gasteiger charge is -2.05. The van der Waals surface area contributed by atoms with Crippen LogP contribution in [0.1, 0.15) is 12.0 Å². The third kappa shape index (κ3) is 2.30. The van der Waals surface area contributed by atoms with E-state index in [9.17, 15) is 22.0 Å². The predicted molar refractivity (Wildman–Crippen MR) is 47.8 cm³/mol. The van der Waals surface area contributed by atoms with Gasteiger partial charge in [0.2, 0.25) is 0 Å². The molecule has 0 saturated carbocycles. The van der Waals surface area contributed by atoms with Gasteiger partial charge >= 0.3 is 0 Å². The number of halogens is 2. The lowest BCUT2D eigenvalue weighted by molar-refractivity contribution is 0.149. The Balaban J connectivity index is 3.53. The van der Waals surface area contributed by atoms with E-state index in [1.165, 1.54) is 0 Å². The van der Waals surface area contributed by atoms with Gasteiger partial charge in [-0.2, -0.15) is 0 Å². The summed E-state index contributed by atoms with van der Waals surface area (Å²) in [5.41, 5.74) is 2.49. The molecule has 84 valence electrons. The standard InChI is InChI=1S/C6H7F2N3O3S/c7-4(8)2-1-3(9)6(11-5(2)12)15(10,13)14/h1,4H,9H2,(H,11,12)(H2,10,13,14). The molecule has 1 rings (SSSR count). The van der Waals surface area contributed by atoms with Gasteiger partial charge in [-0.1, -0.05) is 0 Å². The summed E-state index contributed by atoms with van der Waals surface area (Å²) >= 11 is 0. The molecule has 5 N–H and O–H groups in total. The Morgan fingerprint density at radius 2 is 1.93 bits per heavy atom. The number of hydrogen-bond donors (Lipinski definition) is 3. The van der Waals surface area contributed by atoms with Crippen molar-refractivity contribution in [3.8, 4) is 0 Å². The van der Waals surface area contributed by atoms with Crippen LogP contribution in [0.4, 0.5) is 14.5 Å². The van der Waals surface area contributed by atoms with E-state index in [0.717, 1.165) is 0 Å². The molecule has 1 aromatic heterocycles. The largest absolute Gasteiger partial charge is 0.396 e. The minimum Gasteiger partial charge on any atom is -0.396 e. The molecule has 0 aliphatic heterocycles. The second-order valence-electron chi connectivity index (χ2n) is 2.68. The monoisotopic (exact) mass is 239 g/mol. The fraction of sp³-hybridized carbons (Fsp3) is 0.167. The van der Waals surface area contributed by atoms with Gasteiger partial charge in [0.15, 0.2) is 5.03 Å². The van der Waals surface area contributed by atoms with Crippen LogP contribution in [0.15, 0.2) is 15.9 Å². The number of H-pyrrole nitrogens is 1. The molecule has 0 radical (unpaired) electrons. The molecule has 15 heavy (non-hydrogen) atoms. The maximum Gasteiger partial charge on any atom is 0.269 e. The van der Waals surface area contributed by atoms with E-state index < -0.39 is 38.3 Å². The van der Waals surface area contributed by atoms with E-state index in [1.807, 2.05) is 0 Å². The Bertz CT molecular complexity index is 537. The molecule has 0 aliphatic rings. The summed E-state index contributed by atoms with van der Waals surface area (Å²) in [6, 6.07) is 0.587. The highest BCUT2D eigenvalue weighted by Crippen LogP contribution is 2.19. The van der Waals surface area contributed by atoms with Crippen LogP contribution in [0.2, 0.25) is 0 Å². The predicted octanol–water partition coefficient (Wildman–Crippen LogP) is -0.458. The molecular weight excluding hydrogens is 232 g/mol. The number of hydrogen-bond acceptors (Lipinski definition) is 4. The average molecular weight is 239 g/mol. The number of alkyl halides is 2. The van der Waals surface area contributed by atoms with Gasteiger partial charge in [-0.05, 0) is 6.07 Å². The van der Waals surface area contributed by atoms with Crippen LogP contribution in [0.5, 0.6) is 0 Å². The molecule has 0 aliphatic carbocycles. The molecule has 0 amide bonds. The van der Waals surface area contributed by atoms with Gasteiger partial charge in [-0.3, -0.25) is 4.79 Å². The van der Waals surface area contributed by atoms with Gasteiger partial charge < -0.3 is 10.7 Å². The molecule has 9 heteroatoms. The lowest BCUT2D eigenvalue weighted by atomic mass is 10.3. The summed E-state index contributed by atoms with van der Waals surface area (Å²) in [7, 11) is -4.22. The van der Waals surface area contributed by atoms with Gasteiger partial charge in [0.05, 0.1) is 11.3 Å². The molecule has 6 nitrogen and oxygen atoms in total. The lowest BCUT2D eigenvalue weighted by Crippen LogP contribution is -2.23. The quantitative estimate of drug-likeness (QED) is 0.647. The Morgan fingerprint density at radius 3 is 2.33 bits per heavy atom. The minimum atomic E-state index is -4.22. The third-order valence-electron chi connectivity index (χ3n) is 1.58. The van der Waals surface area contributed by atoms with Crippen molar-refractivity contribution in [3.63, 3.8) is 0 Å². The summed E-state index contributed by atoms with van der Waals surface area (Å²) in [5, 5.41) is 3.92. The molecule has 0 unspecified atom stereocenters. The van der Waals surface area contributed by atoms with Crippen molar-refractivity contribution in [1.82, 2.24) is 4.98 Å². The van der Waals surface area contributed by atoms with Crippen molar-refractivity contribution in [2.24, 2.45) is 5.14 Å². The van der Waals surface area contributed by atoms with E-state index in [-0.39, 0.29) is 0 Å². The molecule has 1 heterocycles. The number of aromatic amines is 1. The topological polar surface area (TPSA) is 119 Å². The highest BCUT2D eigenvalue weighted by atomic mass is 32.2. The van der Waals surface area contributed by atoms with Gasteiger partial charge in [0.25, 0.3) is 22.0 Å². The first kappa shape index (κ1) is 11.6. The molecule has 0 fully saturated rings. The van der Waals surface area contributed by atoms with E-state index in [1.54, 1.807) is 4.98 Å². The molecule has 0 bridgehead atoms. The summed E-state index contributed by atoms with van der Waals surface area (Å²) in [6.45, 7) is 0. The maximum atomic E-state index is 12.2. The Kier molecular flexibility index (Phi) is 2.77. The first-order valence-corrected chi connectivity index (χ1v) is 5.11. The minimum absolute atomic E-state index is 0.521. The third-order valence-corrected chi connectivity index (χ3v) is 2.49. The highest BCUT2D eigenvalue weighted by Gasteiger charge is 2.19. The zero-order valence-electron chi connectivity index (χ0n) is 7.20. The summed E-state index contributed by atoms with van der Waals surface area (Å²) in [6.07, 6.45) is -3.04. The SMILES string of the molecule is Nc1cc(C(F)F)c(=O)[nH]c1S(N)(=O)=O. The zero-order valence-corrected chi connectivity index (χ0v) is 8.01. The number of nitrogens with two attached hydrogens (primary N) is 2. The molecule has 0 spiro atoms. The second-order valence-corrected chi connectivity index (χ2v) is 4.18. The van der Waals surface area contributed by atoms with Crippen molar-refractivity contribution in [3.05, 3.63) is 22.0 Å². The van der Waals surface area contributed by atoms with Gasteiger partial charge in [0, 0.05) is 0 Å². The Hall–Kier alpha value is -1.48.